The van der Waals surface area contributed by atoms with E-state index in [9.17, 15) is 0 Å². The SMILES string of the molecule is CC1(C)c2ccccc2-c2c1c1c3ccccc3n(-c3ccc(-c4cc(-c5ccccc5)cc(-c5ccccc5)n4)cc3)c1c1ccccc21. The fourth-order valence-corrected chi connectivity index (χ4v) is 8.48. The van der Waals surface area contributed by atoms with E-state index in [2.05, 4.69) is 188 Å². The maximum absolute atomic E-state index is 5.20. The van der Waals surface area contributed by atoms with Crippen molar-refractivity contribution in [1.82, 2.24) is 9.55 Å². The highest BCUT2D eigenvalue weighted by Gasteiger charge is 2.39. The Morgan fingerprint density at radius 1 is 0.480 bits per heavy atom. The molecule has 236 valence electrons. The van der Waals surface area contributed by atoms with Gasteiger partial charge in [-0.1, -0.05) is 153 Å². The number of benzene rings is 7. The second-order valence-corrected chi connectivity index (χ2v) is 13.9. The lowest BCUT2D eigenvalue weighted by molar-refractivity contribution is 0.667. The maximum atomic E-state index is 5.20. The molecule has 1 aliphatic rings. The summed E-state index contributed by atoms with van der Waals surface area (Å²) in [4.78, 5) is 5.20. The molecule has 50 heavy (non-hydrogen) atoms. The molecule has 2 heteroatoms. The third kappa shape index (κ3) is 4.18. The molecule has 2 aromatic heterocycles. The Bertz CT molecular complexity index is 2690. The molecule has 10 rings (SSSR count). The highest BCUT2D eigenvalue weighted by atomic mass is 15.0. The van der Waals surface area contributed by atoms with Gasteiger partial charge in [0, 0.05) is 38.4 Å². The summed E-state index contributed by atoms with van der Waals surface area (Å²) >= 11 is 0. The number of rotatable bonds is 4. The number of aromatic nitrogens is 2. The van der Waals surface area contributed by atoms with Crippen molar-refractivity contribution in [2.24, 2.45) is 0 Å². The molecule has 0 fully saturated rings. The normalized spacial score (nSPS) is 13.2. The van der Waals surface area contributed by atoms with Crippen molar-refractivity contribution in [1.29, 1.82) is 0 Å². The predicted octanol–water partition coefficient (Wildman–Crippen LogP) is 12.6. The van der Waals surface area contributed by atoms with Gasteiger partial charge in [0.05, 0.1) is 22.4 Å². The summed E-state index contributed by atoms with van der Waals surface area (Å²) in [7, 11) is 0. The van der Waals surface area contributed by atoms with E-state index >= 15 is 0 Å². The van der Waals surface area contributed by atoms with Crippen molar-refractivity contribution < 1.29 is 0 Å². The molecule has 0 unspecified atom stereocenters. The summed E-state index contributed by atoms with van der Waals surface area (Å²) in [5, 5.41) is 5.23. The van der Waals surface area contributed by atoms with Crippen LogP contribution in [0.15, 0.2) is 170 Å². The van der Waals surface area contributed by atoms with Gasteiger partial charge in [0.2, 0.25) is 0 Å². The molecule has 0 atom stereocenters. The van der Waals surface area contributed by atoms with Crippen LogP contribution in [-0.4, -0.2) is 9.55 Å². The van der Waals surface area contributed by atoms with Crippen molar-refractivity contribution >= 4 is 32.6 Å². The standard InChI is InChI=1S/C48H34N2/c1-48(2)40-23-13-11-21-38(40)44-36-19-9-10-20-37(36)47-45(46(44)48)39-22-12-14-24-43(39)50(47)35-27-25-33(26-28-35)42-30-34(31-15-5-3-6-16-31)29-41(49-42)32-17-7-4-8-18-32/h3-30H,1-2H3. The van der Waals surface area contributed by atoms with E-state index in [1.807, 2.05) is 0 Å². The highest BCUT2D eigenvalue weighted by Crippen LogP contribution is 2.56. The number of nitrogens with zero attached hydrogens (tertiary/aromatic N) is 2. The van der Waals surface area contributed by atoms with Gasteiger partial charge in [-0.25, -0.2) is 4.98 Å². The van der Waals surface area contributed by atoms with E-state index in [1.54, 1.807) is 0 Å². The number of hydrogen-bond donors (Lipinski definition) is 0. The first kappa shape index (κ1) is 28.7. The van der Waals surface area contributed by atoms with Gasteiger partial charge in [0.1, 0.15) is 0 Å². The Balaban J connectivity index is 1.21. The van der Waals surface area contributed by atoms with E-state index in [4.69, 9.17) is 4.98 Å². The van der Waals surface area contributed by atoms with Crippen LogP contribution < -0.4 is 0 Å². The molecule has 2 nitrogen and oxygen atoms in total. The molecule has 0 spiro atoms. The molecule has 7 aromatic carbocycles. The van der Waals surface area contributed by atoms with E-state index < -0.39 is 0 Å². The van der Waals surface area contributed by atoms with Gasteiger partial charge in [-0.05, 0) is 69.1 Å². The fraction of sp³-hybridized carbons (Fsp3) is 0.0625. The maximum Gasteiger partial charge on any atom is 0.0715 e. The van der Waals surface area contributed by atoms with Crippen molar-refractivity contribution in [2.45, 2.75) is 19.3 Å². The zero-order valence-electron chi connectivity index (χ0n) is 28.1. The van der Waals surface area contributed by atoms with Gasteiger partial charge in [-0.15, -0.1) is 0 Å². The average Bonchev–Trinajstić information content (AvgIpc) is 3.65. The average molecular weight is 639 g/mol. The smallest absolute Gasteiger partial charge is 0.0715 e. The van der Waals surface area contributed by atoms with E-state index in [1.165, 1.54) is 60.4 Å². The van der Waals surface area contributed by atoms with Gasteiger partial charge < -0.3 is 4.57 Å². The largest absolute Gasteiger partial charge is 0.309 e. The second kappa shape index (κ2) is 10.9. The molecule has 0 saturated heterocycles. The minimum Gasteiger partial charge on any atom is -0.309 e. The van der Waals surface area contributed by atoms with Crippen molar-refractivity contribution in [2.75, 3.05) is 0 Å². The Kier molecular flexibility index (Phi) is 6.25. The molecular weight excluding hydrogens is 605 g/mol. The van der Waals surface area contributed by atoms with Crippen LogP contribution in [0.25, 0.3) is 83.0 Å². The first-order valence-electron chi connectivity index (χ1n) is 17.4. The second-order valence-electron chi connectivity index (χ2n) is 13.9. The molecule has 0 amide bonds. The van der Waals surface area contributed by atoms with E-state index in [0.717, 1.165) is 33.8 Å². The molecule has 0 saturated carbocycles. The first-order valence-corrected chi connectivity index (χ1v) is 17.4. The molecule has 0 bridgehead atoms. The lowest BCUT2D eigenvalue weighted by Gasteiger charge is -2.23. The van der Waals surface area contributed by atoms with Crippen LogP contribution in [0.4, 0.5) is 0 Å². The topological polar surface area (TPSA) is 17.8 Å². The Hall–Kier alpha value is -6.25. The van der Waals surface area contributed by atoms with Gasteiger partial charge in [-0.2, -0.15) is 0 Å². The number of hydrogen-bond acceptors (Lipinski definition) is 1. The zero-order valence-corrected chi connectivity index (χ0v) is 28.1. The van der Waals surface area contributed by atoms with Gasteiger partial charge in [-0.3, -0.25) is 0 Å². The molecule has 0 N–H and O–H groups in total. The van der Waals surface area contributed by atoms with Crippen LogP contribution in [0, 0.1) is 0 Å². The van der Waals surface area contributed by atoms with Crippen LogP contribution in [0.1, 0.15) is 25.0 Å². The fourth-order valence-electron chi connectivity index (χ4n) is 8.48. The number of pyridine rings is 1. The number of para-hydroxylation sites is 1. The van der Waals surface area contributed by atoms with E-state index in [0.29, 0.717) is 0 Å². The van der Waals surface area contributed by atoms with Crippen molar-refractivity contribution in [3.63, 3.8) is 0 Å². The predicted molar refractivity (Wildman–Crippen MR) is 210 cm³/mol. The highest BCUT2D eigenvalue weighted by molar-refractivity contribution is 6.25. The van der Waals surface area contributed by atoms with Gasteiger partial charge in [0.25, 0.3) is 0 Å². The minimum absolute atomic E-state index is 0.140. The summed E-state index contributed by atoms with van der Waals surface area (Å²) in [5.41, 5.74) is 15.5. The summed E-state index contributed by atoms with van der Waals surface area (Å²) in [6.07, 6.45) is 0. The van der Waals surface area contributed by atoms with Crippen LogP contribution in [0.5, 0.6) is 0 Å². The molecule has 2 heterocycles. The lowest BCUT2D eigenvalue weighted by atomic mass is 9.79. The van der Waals surface area contributed by atoms with Crippen LogP contribution in [0.2, 0.25) is 0 Å². The third-order valence-electron chi connectivity index (χ3n) is 10.7. The molecule has 9 aromatic rings. The lowest BCUT2D eigenvalue weighted by Crippen LogP contribution is -2.15. The third-order valence-corrected chi connectivity index (χ3v) is 10.7. The Morgan fingerprint density at radius 2 is 1.04 bits per heavy atom. The van der Waals surface area contributed by atoms with Crippen molar-refractivity contribution in [3.8, 4) is 50.5 Å². The molecule has 1 aliphatic carbocycles. The Labute approximate surface area is 291 Å². The Morgan fingerprint density at radius 3 is 1.76 bits per heavy atom. The van der Waals surface area contributed by atoms with Gasteiger partial charge in [0.15, 0.2) is 0 Å². The monoisotopic (exact) mass is 638 g/mol. The quantitative estimate of drug-likeness (QED) is 0.188. The van der Waals surface area contributed by atoms with Crippen LogP contribution >= 0.6 is 0 Å². The van der Waals surface area contributed by atoms with Crippen LogP contribution in [-0.2, 0) is 5.41 Å². The zero-order chi connectivity index (χ0) is 33.4. The summed E-state index contributed by atoms with van der Waals surface area (Å²) < 4.78 is 2.49. The molecule has 0 radical (unpaired) electrons. The number of fused-ring (bicyclic) bond motifs is 10. The summed E-state index contributed by atoms with van der Waals surface area (Å²) in [6.45, 7) is 4.79. The summed E-state index contributed by atoms with van der Waals surface area (Å²) in [5.74, 6) is 0. The molecular formula is C48H34N2. The van der Waals surface area contributed by atoms with Gasteiger partial charge >= 0.3 is 0 Å². The van der Waals surface area contributed by atoms with Crippen molar-refractivity contribution in [3.05, 3.63) is 181 Å². The van der Waals surface area contributed by atoms with Crippen LogP contribution in [0.3, 0.4) is 0 Å². The first-order chi connectivity index (χ1) is 24.6. The minimum atomic E-state index is -0.140. The van der Waals surface area contributed by atoms with E-state index in [-0.39, 0.29) is 5.41 Å². The molecule has 0 aliphatic heterocycles. The summed E-state index contributed by atoms with van der Waals surface area (Å²) in [6, 6.07) is 61.4.